The monoisotopic (exact) mass is 383 g/mol. The lowest BCUT2D eigenvalue weighted by atomic mass is 10.2. The molecule has 1 aliphatic rings. The fourth-order valence-corrected chi connectivity index (χ4v) is 3.61. The highest BCUT2D eigenvalue weighted by molar-refractivity contribution is 5.97. The normalized spacial score (nSPS) is 13.9. The number of amides is 3. The molecule has 0 atom stereocenters. The third kappa shape index (κ3) is 4.60. The van der Waals surface area contributed by atoms with Crippen LogP contribution in [0.2, 0.25) is 0 Å². The molecule has 0 saturated heterocycles. The lowest BCUT2D eigenvalue weighted by molar-refractivity contribution is -0.123. The smallest absolute Gasteiger partial charge is 0.340 e. The average molecular weight is 383 g/mol. The lowest BCUT2D eigenvalue weighted by Gasteiger charge is -2.12. The predicted octanol–water partition coefficient (Wildman–Crippen LogP) is 3.02. The van der Waals surface area contributed by atoms with Gasteiger partial charge >= 0.3 is 12.0 Å². The number of benzene rings is 1. The van der Waals surface area contributed by atoms with Crippen LogP contribution in [0.15, 0.2) is 36.4 Å². The lowest BCUT2D eigenvalue weighted by Crippen LogP contribution is -2.45. The number of carbonyl (C=O) groups excluding carboxylic acids is 3. The fourth-order valence-electron chi connectivity index (χ4n) is 3.61. The molecule has 2 aromatic rings. The standard InChI is InChI=1S/C21H25N3O4/c1-14-12-18(15(2)24(14)17-10-4-3-5-11-17)20(26)28-13-19(25)23-21(27)22-16-8-6-7-9-16/h3-5,10-12,16H,6-9,13H2,1-2H3,(H2,22,23,25,27). The molecule has 148 valence electrons. The van der Waals surface area contributed by atoms with Crippen LogP contribution in [-0.2, 0) is 9.53 Å². The van der Waals surface area contributed by atoms with Crippen molar-refractivity contribution in [1.82, 2.24) is 15.2 Å². The molecule has 0 bridgehead atoms. The van der Waals surface area contributed by atoms with E-state index < -0.39 is 24.5 Å². The zero-order valence-corrected chi connectivity index (χ0v) is 16.2. The minimum Gasteiger partial charge on any atom is -0.452 e. The maximum atomic E-state index is 12.4. The summed E-state index contributed by atoms with van der Waals surface area (Å²) in [6, 6.07) is 11.0. The number of nitrogens with zero attached hydrogens (tertiary/aromatic N) is 1. The second-order valence-electron chi connectivity index (χ2n) is 7.03. The number of para-hydroxylation sites is 1. The molecule has 0 radical (unpaired) electrons. The fraction of sp³-hybridized carbons (Fsp3) is 0.381. The number of aromatic nitrogens is 1. The Morgan fingerprint density at radius 3 is 2.46 bits per heavy atom. The first kappa shape index (κ1) is 19.7. The van der Waals surface area contributed by atoms with Crippen molar-refractivity contribution >= 4 is 17.9 Å². The summed E-state index contributed by atoms with van der Waals surface area (Å²) in [6.07, 6.45) is 4.01. The second-order valence-corrected chi connectivity index (χ2v) is 7.03. The van der Waals surface area contributed by atoms with E-state index in [1.54, 1.807) is 6.07 Å². The van der Waals surface area contributed by atoms with Crippen molar-refractivity contribution in [3.63, 3.8) is 0 Å². The number of ether oxygens (including phenoxy) is 1. The van der Waals surface area contributed by atoms with Gasteiger partial charge in [-0.15, -0.1) is 0 Å². The number of imide groups is 1. The molecule has 0 aliphatic heterocycles. The van der Waals surface area contributed by atoms with E-state index in [0.29, 0.717) is 5.56 Å². The number of nitrogens with one attached hydrogen (secondary N) is 2. The van der Waals surface area contributed by atoms with E-state index in [1.807, 2.05) is 48.7 Å². The molecule has 0 unspecified atom stereocenters. The van der Waals surface area contributed by atoms with Gasteiger partial charge in [0.2, 0.25) is 0 Å². The molecule has 1 aliphatic carbocycles. The van der Waals surface area contributed by atoms with Crippen LogP contribution in [0.3, 0.4) is 0 Å². The van der Waals surface area contributed by atoms with Crippen LogP contribution in [0.4, 0.5) is 4.79 Å². The van der Waals surface area contributed by atoms with Crippen molar-refractivity contribution < 1.29 is 19.1 Å². The molecule has 1 aromatic carbocycles. The molecular weight excluding hydrogens is 358 g/mol. The zero-order chi connectivity index (χ0) is 20.1. The van der Waals surface area contributed by atoms with Gasteiger partial charge in [-0.3, -0.25) is 10.1 Å². The van der Waals surface area contributed by atoms with Gasteiger partial charge in [-0.2, -0.15) is 0 Å². The largest absolute Gasteiger partial charge is 0.452 e. The average Bonchev–Trinajstić information content (AvgIpc) is 3.28. The van der Waals surface area contributed by atoms with Gasteiger partial charge in [0, 0.05) is 23.1 Å². The first-order valence-electron chi connectivity index (χ1n) is 9.47. The number of hydrogen-bond acceptors (Lipinski definition) is 4. The van der Waals surface area contributed by atoms with Crippen molar-refractivity contribution in [3.8, 4) is 5.69 Å². The minimum absolute atomic E-state index is 0.110. The van der Waals surface area contributed by atoms with Gasteiger partial charge in [0.25, 0.3) is 5.91 Å². The molecule has 3 amide bonds. The highest BCUT2D eigenvalue weighted by atomic mass is 16.5. The Morgan fingerprint density at radius 2 is 1.79 bits per heavy atom. The van der Waals surface area contributed by atoms with Gasteiger partial charge < -0.3 is 14.6 Å². The topological polar surface area (TPSA) is 89.4 Å². The molecule has 1 heterocycles. The Labute approximate surface area is 164 Å². The summed E-state index contributed by atoms with van der Waals surface area (Å²) in [5.74, 6) is -1.25. The summed E-state index contributed by atoms with van der Waals surface area (Å²) in [4.78, 5) is 36.1. The Morgan fingerprint density at radius 1 is 1.11 bits per heavy atom. The van der Waals surface area contributed by atoms with E-state index in [1.165, 1.54) is 0 Å². The number of hydrogen-bond donors (Lipinski definition) is 2. The first-order chi connectivity index (χ1) is 13.5. The minimum atomic E-state index is -0.652. The van der Waals surface area contributed by atoms with Crippen molar-refractivity contribution in [3.05, 3.63) is 53.3 Å². The molecule has 1 aromatic heterocycles. The third-order valence-electron chi connectivity index (χ3n) is 4.94. The molecule has 7 nitrogen and oxygen atoms in total. The van der Waals surface area contributed by atoms with E-state index in [4.69, 9.17) is 4.74 Å². The zero-order valence-electron chi connectivity index (χ0n) is 16.2. The molecule has 0 spiro atoms. The van der Waals surface area contributed by atoms with E-state index in [9.17, 15) is 14.4 Å². The Balaban J connectivity index is 1.56. The maximum absolute atomic E-state index is 12.4. The van der Waals surface area contributed by atoms with Crippen molar-refractivity contribution in [1.29, 1.82) is 0 Å². The van der Waals surface area contributed by atoms with Crippen molar-refractivity contribution in [2.24, 2.45) is 0 Å². The summed E-state index contributed by atoms with van der Waals surface area (Å²) in [5, 5.41) is 4.95. The van der Waals surface area contributed by atoms with Gasteiger partial charge in [0.15, 0.2) is 6.61 Å². The van der Waals surface area contributed by atoms with Crippen molar-refractivity contribution in [2.45, 2.75) is 45.6 Å². The molecule has 3 rings (SSSR count). The van der Waals surface area contributed by atoms with Crippen LogP contribution < -0.4 is 10.6 Å². The molecule has 1 fully saturated rings. The maximum Gasteiger partial charge on any atom is 0.340 e. The molecule has 2 N–H and O–H groups in total. The third-order valence-corrected chi connectivity index (χ3v) is 4.94. The Kier molecular flexibility index (Phi) is 6.13. The van der Waals surface area contributed by atoms with E-state index in [2.05, 4.69) is 10.6 Å². The Hall–Kier alpha value is -3.09. The number of rotatable bonds is 5. The summed E-state index contributed by atoms with van der Waals surface area (Å²) in [5.41, 5.74) is 2.95. The molecule has 7 heteroatoms. The number of esters is 1. The Bertz CT molecular complexity index is 867. The predicted molar refractivity (Wildman–Crippen MR) is 104 cm³/mol. The van der Waals surface area contributed by atoms with Crippen LogP contribution in [0, 0.1) is 13.8 Å². The molecule has 28 heavy (non-hydrogen) atoms. The highest BCUT2D eigenvalue weighted by Gasteiger charge is 2.21. The van der Waals surface area contributed by atoms with Gasteiger partial charge in [0.1, 0.15) is 0 Å². The van der Waals surface area contributed by atoms with Crippen molar-refractivity contribution in [2.75, 3.05) is 6.61 Å². The summed E-state index contributed by atoms with van der Waals surface area (Å²) < 4.78 is 7.05. The van der Waals surface area contributed by atoms with Crippen LogP contribution in [0.1, 0.15) is 47.4 Å². The van der Waals surface area contributed by atoms with Gasteiger partial charge in [-0.05, 0) is 44.9 Å². The number of carbonyl (C=O) groups is 3. The number of urea groups is 1. The second kappa shape index (κ2) is 8.73. The van der Waals surface area contributed by atoms with Gasteiger partial charge in [0.05, 0.1) is 5.56 Å². The van der Waals surface area contributed by atoms with E-state index in [-0.39, 0.29) is 6.04 Å². The van der Waals surface area contributed by atoms with Gasteiger partial charge in [-0.1, -0.05) is 31.0 Å². The van der Waals surface area contributed by atoms with Crippen LogP contribution in [-0.4, -0.2) is 35.1 Å². The summed E-state index contributed by atoms with van der Waals surface area (Å²) in [7, 11) is 0. The highest BCUT2D eigenvalue weighted by Crippen LogP contribution is 2.21. The van der Waals surface area contributed by atoms with Gasteiger partial charge in [-0.25, -0.2) is 9.59 Å². The first-order valence-corrected chi connectivity index (χ1v) is 9.47. The quantitative estimate of drug-likeness (QED) is 0.777. The van der Waals surface area contributed by atoms with E-state index >= 15 is 0 Å². The van der Waals surface area contributed by atoms with Crippen LogP contribution in [0.5, 0.6) is 0 Å². The molecule has 1 saturated carbocycles. The summed E-state index contributed by atoms with van der Waals surface area (Å²) in [6.45, 7) is 3.22. The van der Waals surface area contributed by atoms with E-state index in [0.717, 1.165) is 42.8 Å². The summed E-state index contributed by atoms with van der Waals surface area (Å²) >= 11 is 0. The van der Waals surface area contributed by atoms with Crippen LogP contribution >= 0.6 is 0 Å². The van der Waals surface area contributed by atoms with Crippen LogP contribution in [0.25, 0.3) is 5.69 Å². The molecular formula is C21H25N3O4. The number of aryl methyl sites for hydroxylation is 1. The SMILES string of the molecule is Cc1cc(C(=O)OCC(=O)NC(=O)NC2CCCC2)c(C)n1-c1ccccc1.